The molecule has 0 spiro atoms. The molecule has 0 aliphatic rings. The Hall–Kier alpha value is -1.71. The Morgan fingerprint density at radius 3 is 2.82 bits per heavy atom. The van der Waals surface area contributed by atoms with E-state index in [4.69, 9.17) is 17.0 Å². The van der Waals surface area contributed by atoms with Crippen LogP contribution in [0.5, 0.6) is 0 Å². The first-order chi connectivity index (χ1) is 10.5. The average molecular weight is 344 g/mol. The van der Waals surface area contributed by atoms with Crippen LogP contribution in [0.25, 0.3) is 0 Å². The van der Waals surface area contributed by atoms with E-state index in [0.717, 1.165) is 6.42 Å². The minimum absolute atomic E-state index is 0.118. The smallest absolute Gasteiger partial charge is 0.261 e. The molecule has 0 aliphatic carbocycles. The number of hydrazine groups is 1. The number of amides is 2. The summed E-state index contributed by atoms with van der Waals surface area (Å²) in [4.78, 5) is 24.0. The topological polar surface area (TPSA) is 82.7 Å². The van der Waals surface area contributed by atoms with Gasteiger partial charge in [-0.15, -0.1) is 11.3 Å². The number of methoxy groups -OCH3 is 1. The van der Waals surface area contributed by atoms with Crippen molar-refractivity contribution in [1.82, 2.24) is 21.1 Å². The van der Waals surface area contributed by atoms with Gasteiger partial charge in [0.25, 0.3) is 11.8 Å². The maximum Gasteiger partial charge on any atom is 0.261 e. The monoisotopic (exact) mass is 344 g/mol. The van der Waals surface area contributed by atoms with Crippen LogP contribution in [-0.4, -0.2) is 55.8 Å². The molecule has 0 saturated heterocycles. The molecule has 122 valence electrons. The Bertz CT molecular complexity index is 493. The number of thiocarbonyl (C=S) groups is 1. The van der Waals surface area contributed by atoms with Crippen molar-refractivity contribution in [3.05, 3.63) is 22.4 Å². The largest absolute Gasteiger partial charge is 0.385 e. The molecule has 0 bridgehead atoms. The van der Waals surface area contributed by atoms with Crippen LogP contribution in [0.1, 0.15) is 16.1 Å². The van der Waals surface area contributed by atoms with E-state index >= 15 is 0 Å². The van der Waals surface area contributed by atoms with Gasteiger partial charge in [-0.05, 0) is 30.1 Å². The van der Waals surface area contributed by atoms with Crippen LogP contribution >= 0.6 is 23.6 Å². The first kappa shape index (κ1) is 18.3. The number of hydrogen-bond acceptors (Lipinski definition) is 5. The fourth-order valence-electron chi connectivity index (χ4n) is 1.46. The first-order valence-corrected chi connectivity index (χ1v) is 7.95. The van der Waals surface area contributed by atoms with E-state index < -0.39 is 0 Å². The molecule has 0 aromatic carbocycles. The first-order valence-electron chi connectivity index (χ1n) is 6.66. The summed E-state index contributed by atoms with van der Waals surface area (Å²) in [5.74, 6) is -0.624. The van der Waals surface area contributed by atoms with E-state index in [9.17, 15) is 9.59 Å². The normalized spacial score (nSPS) is 9.91. The molecule has 0 aliphatic heterocycles. The Kier molecular flexibility index (Phi) is 8.41. The van der Waals surface area contributed by atoms with Crippen molar-refractivity contribution in [1.29, 1.82) is 0 Å². The number of carbonyl (C=O) groups is 2. The summed E-state index contributed by atoms with van der Waals surface area (Å²) >= 11 is 6.44. The summed E-state index contributed by atoms with van der Waals surface area (Å²) in [6.45, 7) is 1.18. The predicted molar refractivity (Wildman–Crippen MR) is 89.7 cm³/mol. The molecular weight excluding hydrogens is 324 g/mol. The van der Waals surface area contributed by atoms with E-state index in [1.807, 2.05) is 0 Å². The van der Waals surface area contributed by atoms with E-state index in [1.165, 1.54) is 16.3 Å². The fraction of sp³-hybridized carbons (Fsp3) is 0.462. The Labute approximate surface area is 139 Å². The van der Waals surface area contributed by atoms with Crippen LogP contribution in [0.4, 0.5) is 0 Å². The average Bonchev–Trinajstić information content (AvgIpc) is 3.03. The molecule has 3 N–H and O–H groups in total. The van der Waals surface area contributed by atoms with Gasteiger partial charge < -0.3 is 15.4 Å². The van der Waals surface area contributed by atoms with Gasteiger partial charge in [-0.3, -0.25) is 20.0 Å². The predicted octanol–water partition coefficient (Wildman–Crippen LogP) is 0.352. The molecule has 0 atom stereocenters. The Morgan fingerprint density at radius 2 is 2.18 bits per heavy atom. The number of hydrogen-bond donors (Lipinski definition) is 3. The molecule has 1 rings (SSSR count). The van der Waals surface area contributed by atoms with Gasteiger partial charge in [-0.25, -0.2) is 0 Å². The zero-order valence-corrected chi connectivity index (χ0v) is 14.2. The third-order valence-electron chi connectivity index (χ3n) is 2.55. The van der Waals surface area contributed by atoms with Crippen LogP contribution in [0.15, 0.2) is 17.5 Å². The molecule has 1 heterocycles. The van der Waals surface area contributed by atoms with E-state index in [1.54, 1.807) is 31.7 Å². The van der Waals surface area contributed by atoms with Gasteiger partial charge in [0.05, 0.1) is 11.4 Å². The van der Waals surface area contributed by atoms with Crippen molar-refractivity contribution in [3.63, 3.8) is 0 Å². The van der Waals surface area contributed by atoms with Gasteiger partial charge >= 0.3 is 0 Å². The minimum Gasteiger partial charge on any atom is -0.385 e. The summed E-state index contributed by atoms with van der Waals surface area (Å²) in [5.41, 5.74) is 2.57. The lowest BCUT2D eigenvalue weighted by Crippen LogP contribution is -2.50. The number of carbonyl (C=O) groups excluding carboxylic acids is 2. The molecular formula is C13H20N4O3S2. The quantitative estimate of drug-likeness (QED) is 0.376. The second kappa shape index (κ2) is 10.1. The summed E-state index contributed by atoms with van der Waals surface area (Å²) in [6.07, 6.45) is 0.815. The molecule has 7 nitrogen and oxygen atoms in total. The van der Waals surface area contributed by atoms with Crippen molar-refractivity contribution in [3.8, 4) is 0 Å². The molecule has 0 unspecified atom stereocenters. The van der Waals surface area contributed by atoms with E-state index in [2.05, 4.69) is 16.1 Å². The molecule has 0 fully saturated rings. The zero-order chi connectivity index (χ0) is 16.4. The van der Waals surface area contributed by atoms with Crippen LogP contribution in [-0.2, 0) is 9.53 Å². The highest BCUT2D eigenvalue weighted by Crippen LogP contribution is 2.07. The summed E-state index contributed by atoms with van der Waals surface area (Å²) in [6, 6.07) is 3.48. The van der Waals surface area contributed by atoms with Crippen molar-refractivity contribution >= 4 is 40.5 Å². The maximum atomic E-state index is 11.7. The van der Waals surface area contributed by atoms with Crippen molar-refractivity contribution in [2.45, 2.75) is 6.42 Å². The highest BCUT2D eigenvalue weighted by Gasteiger charge is 2.11. The van der Waals surface area contributed by atoms with Crippen LogP contribution in [0.2, 0.25) is 0 Å². The minimum atomic E-state index is -0.353. The molecule has 0 saturated carbocycles. The maximum absolute atomic E-state index is 11.7. The molecule has 9 heteroatoms. The number of thiophene rings is 1. The van der Waals surface area contributed by atoms with Crippen LogP contribution in [0, 0.1) is 0 Å². The lowest BCUT2D eigenvalue weighted by Gasteiger charge is -2.21. The van der Waals surface area contributed by atoms with Crippen LogP contribution < -0.4 is 16.1 Å². The highest BCUT2D eigenvalue weighted by molar-refractivity contribution is 7.80. The molecule has 0 radical (unpaired) electrons. The second-order valence-corrected chi connectivity index (χ2v) is 5.67. The zero-order valence-electron chi connectivity index (χ0n) is 12.5. The van der Waals surface area contributed by atoms with Gasteiger partial charge in [-0.1, -0.05) is 6.07 Å². The highest BCUT2D eigenvalue weighted by atomic mass is 32.1. The fourth-order valence-corrected chi connectivity index (χ4v) is 2.25. The van der Waals surface area contributed by atoms with Crippen molar-refractivity contribution in [2.75, 3.05) is 33.9 Å². The SMILES string of the molecule is COCCCNC(=S)N(C)NC(=O)CNC(=O)c1cccs1. The van der Waals surface area contributed by atoms with Gasteiger partial charge in [0.15, 0.2) is 5.11 Å². The summed E-state index contributed by atoms with van der Waals surface area (Å²) in [7, 11) is 3.26. The molecule has 1 aromatic heterocycles. The number of ether oxygens (including phenoxy) is 1. The van der Waals surface area contributed by atoms with Crippen molar-refractivity contribution in [2.24, 2.45) is 0 Å². The Balaban J connectivity index is 2.23. The summed E-state index contributed by atoms with van der Waals surface area (Å²) in [5, 5.41) is 9.13. The number of nitrogens with one attached hydrogen (secondary N) is 3. The van der Waals surface area contributed by atoms with Crippen molar-refractivity contribution < 1.29 is 14.3 Å². The second-order valence-electron chi connectivity index (χ2n) is 4.33. The van der Waals surface area contributed by atoms with Gasteiger partial charge in [0.1, 0.15) is 0 Å². The lowest BCUT2D eigenvalue weighted by atomic mass is 10.4. The van der Waals surface area contributed by atoms with Gasteiger partial charge in [-0.2, -0.15) is 0 Å². The molecule has 1 aromatic rings. The third-order valence-corrected chi connectivity index (χ3v) is 3.84. The van der Waals surface area contributed by atoms with E-state index in [-0.39, 0.29) is 18.4 Å². The van der Waals surface area contributed by atoms with E-state index in [0.29, 0.717) is 23.1 Å². The molecule has 2 amide bonds. The number of rotatable bonds is 7. The number of nitrogens with zero attached hydrogens (tertiary/aromatic N) is 1. The molecule has 22 heavy (non-hydrogen) atoms. The standard InChI is InChI=1S/C13H20N4O3S2/c1-17(13(21)14-6-4-7-20-2)16-11(18)9-15-12(19)10-5-3-8-22-10/h3,5,8H,4,6-7,9H2,1-2H3,(H,14,21)(H,15,19)(H,16,18). The van der Waals surface area contributed by atoms with Crippen LogP contribution in [0.3, 0.4) is 0 Å². The lowest BCUT2D eigenvalue weighted by molar-refractivity contribution is -0.122. The third kappa shape index (κ3) is 6.83. The summed E-state index contributed by atoms with van der Waals surface area (Å²) < 4.78 is 4.93. The Morgan fingerprint density at radius 1 is 1.41 bits per heavy atom. The van der Waals surface area contributed by atoms with Gasteiger partial charge in [0.2, 0.25) is 0 Å². The van der Waals surface area contributed by atoms with Gasteiger partial charge in [0, 0.05) is 27.3 Å².